The van der Waals surface area contributed by atoms with Crippen LogP contribution in [0.25, 0.3) is 0 Å². The van der Waals surface area contributed by atoms with Gasteiger partial charge in [0.05, 0.1) is 0 Å². The average Bonchev–Trinajstić information content (AvgIpc) is 2.87. The Morgan fingerprint density at radius 3 is 1.30 bits per heavy atom. The van der Waals surface area contributed by atoms with E-state index in [1.165, 1.54) is 0 Å². The van der Waals surface area contributed by atoms with E-state index in [1.807, 2.05) is 0 Å². The lowest BCUT2D eigenvalue weighted by Crippen LogP contribution is -2.54. The molecule has 0 aliphatic carbocycles. The standard InChI is InChI=1S/C10F16O4/c11-1(2-27-4(12,7(17,18)19)9(23,24)28-2)3(6(14,15)16)29-5(13,8(20,21)22)10(25,26)30-3. The number of hydrogen-bond donors (Lipinski definition) is 0. The molecule has 0 amide bonds. The summed E-state index contributed by atoms with van der Waals surface area (Å²) in [6.07, 6.45) is -34.3. The minimum Gasteiger partial charge on any atom is -0.409 e. The fraction of sp³-hybridized carbons (Fsp3) is 0.800. The Balaban J connectivity index is 2.72. The molecule has 2 rings (SSSR count). The summed E-state index contributed by atoms with van der Waals surface area (Å²) < 4.78 is 217. The third-order valence-electron chi connectivity index (χ3n) is 3.33. The molecule has 0 aromatic heterocycles. The Morgan fingerprint density at radius 1 is 0.567 bits per heavy atom. The molecule has 2 fully saturated rings. The average molecular weight is 488 g/mol. The molecule has 4 nitrogen and oxygen atoms in total. The van der Waals surface area contributed by atoms with Crippen molar-refractivity contribution in [3.63, 3.8) is 0 Å². The van der Waals surface area contributed by atoms with Crippen LogP contribution in [0.1, 0.15) is 0 Å². The van der Waals surface area contributed by atoms with Crippen LogP contribution in [0.2, 0.25) is 0 Å². The van der Waals surface area contributed by atoms with Gasteiger partial charge in [0.1, 0.15) is 0 Å². The molecule has 3 unspecified atom stereocenters. The van der Waals surface area contributed by atoms with Crippen molar-refractivity contribution in [2.75, 3.05) is 0 Å². The molecule has 30 heavy (non-hydrogen) atoms. The number of alkyl halides is 15. The monoisotopic (exact) mass is 488 g/mol. The highest BCUT2D eigenvalue weighted by Crippen LogP contribution is 2.63. The lowest BCUT2D eigenvalue weighted by molar-refractivity contribution is -0.398. The molecular formula is C10F16O4. The van der Waals surface area contributed by atoms with Crippen LogP contribution in [0.4, 0.5) is 70.2 Å². The minimum atomic E-state index is -7.12. The van der Waals surface area contributed by atoms with E-state index in [-0.39, 0.29) is 0 Å². The zero-order valence-electron chi connectivity index (χ0n) is 12.7. The zero-order valence-corrected chi connectivity index (χ0v) is 12.7. The second kappa shape index (κ2) is 5.88. The summed E-state index contributed by atoms with van der Waals surface area (Å²) >= 11 is 0. The predicted octanol–water partition coefficient (Wildman–Crippen LogP) is 5.12. The predicted molar refractivity (Wildman–Crippen MR) is 50.9 cm³/mol. The number of hydrogen-bond acceptors (Lipinski definition) is 4. The van der Waals surface area contributed by atoms with Gasteiger partial charge in [0, 0.05) is 0 Å². The molecule has 2 aliphatic rings. The molecule has 0 aromatic rings. The van der Waals surface area contributed by atoms with Crippen LogP contribution in [0, 0.1) is 0 Å². The highest BCUT2D eigenvalue weighted by atomic mass is 19.4. The molecular weight excluding hydrogens is 488 g/mol. The van der Waals surface area contributed by atoms with Crippen LogP contribution in [-0.4, -0.2) is 48.2 Å². The first-order chi connectivity index (χ1) is 12.9. The molecule has 0 spiro atoms. The third-order valence-corrected chi connectivity index (χ3v) is 3.33. The quantitative estimate of drug-likeness (QED) is 0.481. The first-order valence-corrected chi connectivity index (χ1v) is 6.41. The van der Waals surface area contributed by atoms with Gasteiger partial charge in [0.15, 0.2) is 0 Å². The molecule has 176 valence electrons. The van der Waals surface area contributed by atoms with Crippen LogP contribution >= 0.6 is 0 Å². The number of ether oxygens (including phenoxy) is 4. The van der Waals surface area contributed by atoms with E-state index >= 15 is 0 Å². The normalized spacial score (nSPS) is 38.3. The zero-order chi connectivity index (χ0) is 24.0. The van der Waals surface area contributed by atoms with Gasteiger partial charge in [-0.2, -0.15) is 70.2 Å². The highest BCUT2D eigenvalue weighted by molar-refractivity contribution is 5.18. The van der Waals surface area contributed by atoms with Crippen molar-refractivity contribution in [1.29, 1.82) is 0 Å². The van der Waals surface area contributed by atoms with E-state index in [0.29, 0.717) is 0 Å². The summed E-state index contributed by atoms with van der Waals surface area (Å²) in [5.74, 6) is -27.4. The SMILES string of the molecule is FC(=C1OC(F)(F)C(F)(C(F)(F)F)O1)C1(C(F)(F)F)OC(F)(F)C(F)(C(F)(F)F)O1. The van der Waals surface area contributed by atoms with Crippen molar-refractivity contribution in [1.82, 2.24) is 0 Å². The third kappa shape index (κ3) is 2.93. The van der Waals surface area contributed by atoms with Gasteiger partial charge in [-0.05, 0) is 0 Å². The van der Waals surface area contributed by atoms with Crippen molar-refractivity contribution < 1.29 is 89.2 Å². The van der Waals surface area contributed by atoms with Gasteiger partial charge in [-0.25, -0.2) is 0 Å². The molecule has 2 heterocycles. The van der Waals surface area contributed by atoms with Crippen LogP contribution < -0.4 is 0 Å². The summed E-state index contributed by atoms with van der Waals surface area (Å²) in [4.78, 5) is 0. The van der Waals surface area contributed by atoms with Crippen molar-refractivity contribution in [2.45, 2.75) is 48.2 Å². The van der Waals surface area contributed by atoms with Gasteiger partial charge in [0.25, 0.3) is 0 Å². The van der Waals surface area contributed by atoms with Gasteiger partial charge in [0.2, 0.25) is 5.83 Å². The van der Waals surface area contributed by atoms with E-state index in [1.54, 1.807) is 0 Å². The summed E-state index contributed by atoms with van der Waals surface area (Å²) in [6.45, 7) is 0. The number of rotatable bonds is 1. The molecule has 20 heteroatoms. The minimum absolute atomic E-state index is 2.32. The van der Waals surface area contributed by atoms with Crippen LogP contribution in [0.5, 0.6) is 0 Å². The first kappa shape index (κ1) is 24.4. The Labute approximate surface area is 150 Å². The maximum atomic E-state index is 14.0. The first-order valence-electron chi connectivity index (χ1n) is 6.41. The Kier molecular flexibility index (Phi) is 4.79. The second-order valence-electron chi connectivity index (χ2n) is 5.34. The lowest BCUT2D eigenvalue weighted by Gasteiger charge is -2.28. The number of halogens is 16. The highest BCUT2D eigenvalue weighted by Gasteiger charge is 2.89. The fourth-order valence-electron chi connectivity index (χ4n) is 1.91. The van der Waals surface area contributed by atoms with E-state index in [0.717, 1.165) is 0 Å². The topological polar surface area (TPSA) is 36.9 Å². The fourth-order valence-corrected chi connectivity index (χ4v) is 1.91. The van der Waals surface area contributed by atoms with E-state index in [4.69, 9.17) is 0 Å². The summed E-state index contributed by atoms with van der Waals surface area (Å²) in [6, 6.07) is 0. The van der Waals surface area contributed by atoms with Crippen LogP contribution in [-0.2, 0) is 18.9 Å². The van der Waals surface area contributed by atoms with Crippen molar-refractivity contribution in [3.05, 3.63) is 11.8 Å². The Morgan fingerprint density at radius 2 is 1.00 bits per heavy atom. The summed E-state index contributed by atoms with van der Waals surface area (Å²) in [5.41, 5.74) is 0. The maximum Gasteiger partial charge on any atom is 0.483 e. The molecule has 0 bridgehead atoms. The molecule has 0 radical (unpaired) electrons. The summed E-state index contributed by atoms with van der Waals surface area (Å²) in [7, 11) is 0. The van der Waals surface area contributed by atoms with Gasteiger partial charge in [-0.15, -0.1) is 0 Å². The molecule has 0 saturated carbocycles. The molecule has 2 saturated heterocycles. The maximum absolute atomic E-state index is 14.0. The van der Waals surface area contributed by atoms with E-state index in [2.05, 4.69) is 18.9 Å². The van der Waals surface area contributed by atoms with Gasteiger partial charge < -0.3 is 9.47 Å². The summed E-state index contributed by atoms with van der Waals surface area (Å²) in [5, 5.41) is 0. The van der Waals surface area contributed by atoms with Gasteiger partial charge in [-0.3, -0.25) is 9.47 Å². The Bertz CT molecular complexity index is 751. The molecule has 0 aromatic carbocycles. The van der Waals surface area contributed by atoms with Crippen molar-refractivity contribution >= 4 is 0 Å². The van der Waals surface area contributed by atoms with Crippen LogP contribution in [0.15, 0.2) is 11.8 Å². The lowest BCUT2D eigenvalue weighted by atomic mass is 10.2. The molecule has 0 N–H and O–H groups in total. The smallest absolute Gasteiger partial charge is 0.409 e. The van der Waals surface area contributed by atoms with Crippen molar-refractivity contribution in [2.24, 2.45) is 0 Å². The van der Waals surface area contributed by atoms with Crippen molar-refractivity contribution in [3.8, 4) is 0 Å². The van der Waals surface area contributed by atoms with Gasteiger partial charge in [-0.1, -0.05) is 0 Å². The van der Waals surface area contributed by atoms with Crippen LogP contribution in [0.3, 0.4) is 0 Å². The largest absolute Gasteiger partial charge is 0.483 e. The second-order valence-corrected chi connectivity index (χ2v) is 5.34. The van der Waals surface area contributed by atoms with E-state index < -0.39 is 60.0 Å². The van der Waals surface area contributed by atoms with E-state index in [9.17, 15) is 70.2 Å². The van der Waals surface area contributed by atoms with Gasteiger partial charge >= 0.3 is 54.2 Å². The molecule has 3 atom stereocenters. The molecule has 2 aliphatic heterocycles. The Hall–Kier alpha value is -1.86.